The smallest absolute Gasteiger partial charge is 0.230 e. The number of hydrogen-bond acceptors (Lipinski definition) is 5. The molecule has 0 radical (unpaired) electrons. The van der Waals surface area contributed by atoms with E-state index in [4.69, 9.17) is 14.7 Å². The Morgan fingerprint density at radius 1 is 0.971 bits per heavy atom. The Morgan fingerprint density at radius 3 is 2.43 bits per heavy atom. The van der Waals surface area contributed by atoms with Crippen LogP contribution in [0.25, 0.3) is 0 Å². The molecule has 1 fully saturated rings. The Hall–Kier alpha value is -3.41. The highest BCUT2D eigenvalue weighted by molar-refractivity contribution is 5.84. The third kappa shape index (κ3) is 5.16. The summed E-state index contributed by atoms with van der Waals surface area (Å²) in [5.74, 6) is 2.09. The number of benzene rings is 2. The molecule has 3 aromatic rings. The Bertz CT molecular complexity index is 1160. The quantitative estimate of drug-likeness (QED) is 0.466. The zero-order chi connectivity index (χ0) is 24.2. The van der Waals surface area contributed by atoms with Crippen molar-refractivity contribution in [2.75, 3.05) is 24.5 Å². The van der Waals surface area contributed by atoms with Crippen molar-refractivity contribution in [3.05, 3.63) is 77.0 Å². The average Bonchev–Trinajstić information content (AvgIpc) is 2.91. The standard InChI is InChI=1S/C29H34N4O2/c1-3-24(22-10-6-4-7-11-22)28(34)33-19-16-26-25(20-33)27(35-23-14-12-21(2)13-15-23)31-29(30-26)32-17-8-5-9-18-32/h4,6-7,10-15,24H,3,5,8-9,16-20H2,1-2H3/t24-/m1/s1. The predicted molar refractivity (Wildman–Crippen MR) is 138 cm³/mol. The molecule has 1 atom stereocenters. The molecule has 1 saturated heterocycles. The molecule has 1 amide bonds. The molecular weight excluding hydrogens is 436 g/mol. The van der Waals surface area contributed by atoms with E-state index in [1.807, 2.05) is 59.5 Å². The summed E-state index contributed by atoms with van der Waals surface area (Å²) >= 11 is 0. The van der Waals surface area contributed by atoms with Crippen molar-refractivity contribution in [3.63, 3.8) is 0 Å². The number of piperidine rings is 1. The first-order valence-electron chi connectivity index (χ1n) is 12.9. The molecule has 0 saturated carbocycles. The van der Waals surface area contributed by atoms with Crippen molar-refractivity contribution in [2.45, 2.75) is 58.4 Å². The third-order valence-corrected chi connectivity index (χ3v) is 7.10. The van der Waals surface area contributed by atoms with Gasteiger partial charge in [-0.25, -0.2) is 4.98 Å². The number of aromatic nitrogens is 2. The van der Waals surface area contributed by atoms with E-state index in [0.717, 1.165) is 60.9 Å². The first-order valence-corrected chi connectivity index (χ1v) is 12.9. The molecule has 182 valence electrons. The van der Waals surface area contributed by atoms with E-state index >= 15 is 0 Å². The van der Waals surface area contributed by atoms with Crippen molar-refractivity contribution >= 4 is 11.9 Å². The SMILES string of the molecule is CC[C@@H](C(=O)N1CCc2nc(N3CCCCC3)nc(Oc3ccc(C)cc3)c2C1)c1ccccc1. The van der Waals surface area contributed by atoms with Crippen LogP contribution in [0.3, 0.4) is 0 Å². The van der Waals surface area contributed by atoms with Gasteiger partial charge in [-0.1, -0.05) is 55.0 Å². The number of aryl methyl sites for hydroxylation is 1. The van der Waals surface area contributed by atoms with Crippen LogP contribution in [0.1, 0.15) is 60.9 Å². The molecule has 0 spiro atoms. The van der Waals surface area contributed by atoms with Gasteiger partial charge in [-0.3, -0.25) is 4.79 Å². The lowest BCUT2D eigenvalue weighted by atomic mass is 9.94. The minimum absolute atomic E-state index is 0.146. The molecule has 0 N–H and O–H groups in total. The highest BCUT2D eigenvalue weighted by Gasteiger charge is 2.31. The van der Waals surface area contributed by atoms with Gasteiger partial charge in [-0.05, 0) is 50.3 Å². The maximum absolute atomic E-state index is 13.6. The fraction of sp³-hybridized carbons (Fsp3) is 0.414. The Balaban J connectivity index is 1.46. The lowest BCUT2D eigenvalue weighted by Crippen LogP contribution is -2.40. The predicted octanol–water partition coefficient (Wildman–Crippen LogP) is 5.65. The number of fused-ring (bicyclic) bond motifs is 1. The number of rotatable bonds is 6. The molecule has 0 unspecified atom stereocenters. The van der Waals surface area contributed by atoms with Crippen molar-refractivity contribution in [1.82, 2.24) is 14.9 Å². The molecule has 0 aliphatic carbocycles. The van der Waals surface area contributed by atoms with E-state index in [1.165, 1.54) is 12.0 Å². The summed E-state index contributed by atoms with van der Waals surface area (Å²) in [5, 5.41) is 0. The van der Waals surface area contributed by atoms with Crippen LogP contribution in [-0.2, 0) is 17.8 Å². The van der Waals surface area contributed by atoms with Crippen molar-refractivity contribution in [2.24, 2.45) is 0 Å². The molecular formula is C29H34N4O2. The lowest BCUT2D eigenvalue weighted by Gasteiger charge is -2.33. The normalized spacial score (nSPS) is 16.5. The van der Waals surface area contributed by atoms with Gasteiger partial charge in [0.1, 0.15) is 5.75 Å². The summed E-state index contributed by atoms with van der Waals surface area (Å²) in [4.78, 5) is 27.7. The number of nitrogens with zero attached hydrogens (tertiary/aromatic N) is 4. The summed E-state index contributed by atoms with van der Waals surface area (Å²) in [6, 6.07) is 18.1. The van der Waals surface area contributed by atoms with Crippen molar-refractivity contribution in [3.8, 4) is 11.6 Å². The molecule has 1 aromatic heterocycles. The molecule has 0 bridgehead atoms. The molecule has 2 aromatic carbocycles. The average molecular weight is 471 g/mol. The summed E-state index contributed by atoms with van der Waals surface area (Å²) < 4.78 is 6.35. The molecule has 35 heavy (non-hydrogen) atoms. The van der Waals surface area contributed by atoms with Crippen molar-refractivity contribution < 1.29 is 9.53 Å². The Kier molecular flexibility index (Phi) is 6.98. The maximum Gasteiger partial charge on any atom is 0.230 e. The minimum Gasteiger partial charge on any atom is -0.438 e. The first-order chi connectivity index (χ1) is 17.1. The van der Waals surface area contributed by atoms with Gasteiger partial charge in [0.25, 0.3) is 0 Å². The van der Waals surface area contributed by atoms with Gasteiger partial charge in [0, 0.05) is 26.1 Å². The molecule has 6 heteroatoms. The fourth-order valence-electron chi connectivity index (χ4n) is 5.06. The monoisotopic (exact) mass is 470 g/mol. The second kappa shape index (κ2) is 10.5. The fourth-order valence-corrected chi connectivity index (χ4v) is 5.06. The highest BCUT2D eigenvalue weighted by atomic mass is 16.5. The third-order valence-electron chi connectivity index (χ3n) is 7.10. The summed E-state index contributed by atoms with van der Waals surface area (Å²) in [6.45, 7) is 7.22. The topological polar surface area (TPSA) is 58.6 Å². The summed E-state index contributed by atoms with van der Waals surface area (Å²) in [5.41, 5.74) is 4.17. The number of anilines is 1. The summed E-state index contributed by atoms with van der Waals surface area (Å²) in [7, 11) is 0. The first kappa shape index (κ1) is 23.3. The van der Waals surface area contributed by atoms with Crippen LogP contribution in [-0.4, -0.2) is 40.4 Å². The van der Waals surface area contributed by atoms with Gasteiger partial charge in [-0.15, -0.1) is 0 Å². The van der Waals surface area contributed by atoms with E-state index in [1.54, 1.807) is 0 Å². The largest absolute Gasteiger partial charge is 0.438 e. The molecule has 3 heterocycles. The zero-order valence-electron chi connectivity index (χ0n) is 20.7. The Morgan fingerprint density at radius 2 is 1.71 bits per heavy atom. The van der Waals surface area contributed by atoms with Gasteiger partial charge in [-0.2, -0.15) is 4.98 Å². The molecule has 6 nitrogen and oxygen atoms in total. The van der Waals surface area contributed by atoms with Crippen LogP contribution in [0.4, 0.5) is 5.95 Å². The van der Waals surface area contributed by atoms with E-state index in [9.17, 15) is 4.79 Å². The van der Waals surface area contributed by atoms with E-state index in [2.05, 4.69) is 18.7 Å². The maximum atomic E-state index is 13.6. The zero-order valence-corrected chi connectivity index (χ0v) is 20.7. The van der Waals surface area contributed by atoms with Crippen LogP contribution in [0.15, 0.2) is 54.6 Å². The van der Waals surface area contributed by atoms with E-state index in [-0.39, 0.29) is 11.8 Å². The Labute approximate surface area is 208 Å². The van der Waals surface area contributed by atoms with Crippen LogP contribution >= 0.6 is 0 Å². The second-order valence-corrected chi connectivity index (χ2v) is 9.60. The number of carbonyl (C=O) groups is 1. The molecule has 2 aliphatic heterocycles. The molecule has 5 rings (SSSR count). The van der Waals surface area contributed by atoms with Gasteiger partial charge >= 0.3 is 0 Å². The molecule has 2 aliphatic rings. The van der Waals surface area contributed by atoms with Gasteiger partial charge in [0.05, 0.1) is 23.7 Å². The van der Waals surface area contributed by atoms with Gasteiger partial charge in [0.2, 0.25) is 17.7 Å². The minimum atomic E-state index is -0.146. The number of amides is 1. The van der Waals surface area contributed by atoms with Crippen LogP contribution in [0, 0.1) is 6.92 Å². The number of carbonyl (C=O) groups excluding carboxylic acids is 1. The second-order valence-electron chi connectivity index (χ2n) is 9.60. The van der Waals surface area contributed by atoms with Gasteiger partial charge < -0.3 is 14.5 Å². The van der Waals surface area contributed by atoms with Crippen LogP contribution in [0.5, 0.6) is 11.6 Å². The summed E-state index contributed by atoms with van der Waals surface area (Å²) in [6.07, 6.45) is 5.05. The number of ether oxygens (including phenoxy) is 1. The van der Waals surface area contributed by atoms with Crippen LogP contribution < -0.4 is 9.64 Å². The van der Waals surface area contributed by atoms with Crippen molar-refractivity contribution in [1.29, 1.82) is 0 Å². The van der Waals surface area contributed by atoms with E-state index < -0.39 is 0 Å². The highest BCUT2D eigenvalue weighted by Crippen LogP contribution is 2.33. The number of hydrogen-bond donors (Lipinski definition) is 0. The van der Waals surface area contributed by atoms with E-state index in [0.29, 0.717) is 25.4 Å². The van der Waals surface area contributed by atoms with Crippen LogP contribution in [0.2, 0.25) is 0 Å². The van der Waals surface area contributed by atoms with Gasteiger partial charge in [0.15, 0.2) is 0 Å². The lowest BCUT2D eigenvalue weighted by molar-refractivity contribution is -0.133.